The van der Waals surface area contributed by atoms with Crippen molar-refractivity contribution in [3.8, 4) is 0 Å². The number of carbonyl (C=O) groups is 2. The van der Waals surface area contributed by atoms with Gasteiger partial charge in [0, 0.05) is 5.22 Å². The number of carbonyl (C=O) groups excluding carboxylic acids is 2. The molecule has 1 aromatic rings. The highest BCUT2D eigenvalue weighted by molar-refractivity contribution is 6.20. The van der Waals surface area contributed by atoms with E-state index in [-0.39, 0.29) is 12.9 Å². The summed E-state index contributed by atoms with van der Waals surface area (Å²) >= 11 is 0. The van der Waals surface area contributed by atoms with Crippen LogP contribution in [-0.2, 0) is 19.1 Å². The summed E-state index contributed by atoms with van der Waals surface area (Å²) in [7, 11) is 0. The first kappa shape index (κ1) is 12.9. The number of esters is 1. The third-order valence-electron chi connectivity index (χ3n) is 1.84. The molecular formula is C12H13NO4. The molecule has 17 heavy (non-hydrogen) atoms. The Kier molecular flexibility index (Phi) is 5.43. The summed E-state index contributed by atoms with van der Waals surface area (Å²) in [5, 5.41) is 2.09. The molecule has 0 fully saturated rings. The molecule has 1 heterocycles. The molecule has 0 unspecified atom stereocenters. The van der Waals surface area contributed by atoms with Crippen LogP contribution in [0.5, 0.6) is 0 Å². The summed E-state index contributed by atoms with van der Waals surface area (Å²) in [6.45, 7) is 2.36. The second-order valence-corrected chi connectivity index (χ2v) is 3.00. The zero-order valence-corrected chi connectivity index (χ0v) is 9.46. The molecular weight excluding hydrogens is 222 g/mol. The van der Waals surface area contributed by atoms with Crippen molar-refractivity contribution in [3.63, 3.8) is 0 Å². The molecule has 5 nitrogen and oxygen atoms in total. The summed E-state index contributed by atoms with van der Waals surface area (Å²) in [4.78, 5) is 23.4. The van der Waals surface area contributed by atoms with Crippen molar-refractivity contribution in [2.75, 3.05) is 13.3 Å². The molecule has 1 aliphatic heterocycles. The minimum Gasteiger partial charge on any atom is -0.478 e. The predicted molar refractivity (Wildman–Crippen MR) is 60.3 cm³/mol. The lowest BCUT2D eigenvalue weighted by Gasteiger charge is -1.99. The number of ether oxygens (including phenoxy) is 2. The van der Waals surface area contributed by atoms with E-state index in [0.29, 0.717) is 6.73 Å². The van der Waals surface area contributed by atoms with E-state index in [1.165, 1.54) is 0 Å². The van der Waals surface area contributed by atoms with Crippen LogP contribution in [-0.4, -0.2) is 25.6 Å². The van der Waals surface area contributed by atoms with Crippen molar-refractivity contribution >= 4 is 18.5 Å². The normalized spacial score (nSPS) is 11.4. The van der Waals surface area contributed by atoms with Gasteiger partial charge in [-0.1, -0.05) is 12.1 Å². The average molecular weight is 235 g/mol. The largest absolute Gasteiger partial charge is 0.478 e. The lowest BCUT2D eigenvalue weighted by Crippen LogP contribution is -2.27. The molecule has 0 N–H and O–H groups in total. The van der Waals surface area contributed by atoms with E-state index in [4.69, 9.17) is 4.74 Å². The molecule has 0 atom stereocenters. The average Bonchev–Trinajstić information content (AvgIpc) is 2.40. The van der Waals surface area contributed by atoms with Crippen molar-refractivity contribution in [3.05, 3.63) is 34.8 Å². The van der Waals surface area contributed by atoms with Crippen LogP contribution < -0.4 is 10.6 Å². The van der Waals surface area contributed by atoms with Gasteiger partial charge in [-0.3, -0.25) is 4.79 Å². The molecule has 0 aromatic heterocycles. The van der Waals surface area contributed by atoms with Crippen LogP contribution in [0, 0.1) is 0 Å². The van der Waals surface area contributed by atoms with Gasteiger partial charge in [-0.25, -0.2) is 9.79 Å². The molecule has 0 aliphatic carbocycles. The van der Waals surface area contributed by atoms with E-state index < -0.39 is 5.97 Å². The zero-order chi connectivity index (χ0) is 12.5. The fourth-order valence-corrected chi connectivity index (χ4v) is 1.14. The molecule has 1 aliphatic rings. The Morgan fingerprint density at radius 1 is 1.53 bits per heavy atom. The molecule has 90 valence electrons. The number of benzene rings is 1. The quantitative estimate of drug-likeness (QED) is 0.404. The SMILES string of the molecule is C1=c2ccccc2=NCO1.CCOC(=O)C=O. The minimum atomic E-state index is -0.803. The highest BCUT2D eigenvalue weighted by atomic mass is 16.5. The Morgan fingerprint density at radius 3 is 2.88 bits per heavy atom. The van der Waals surface area contributed by atoms with Gasteiger partial charge in [0.25, 0.3) is 0 Å². The number of para-hydroxylation sites is 1. The summed E-state index contributed by atoms with van der Waals surface area (Å²) in [5.74, 6) is -0.803. The molecule has 0 amide bonds. The maximum Gasteiger partial charge on any atom is 0.371 e. The minimum absolute atomic E-state index is 0.142. The van der Waals surface area contributed by atoms with Gasteiger partial charge in [-0.2, -0.15) is 0 Å². The number of hydrogen-bond acceptors (Lipinski definition) is 5. The Morgan fingerprint density at radius 2 is 2.29 bits per heavy atom. The molecule has 0 saturated heterocycles. The maximum absolute atomic E-state index is 9.82. The standard InChI is InChI=1S/C8H7NO.C4H6O3/c1-2-4-8-7(3-1)5-10-6-9-8;1-2-7-4(6)3-5/h1-5H,6H2;3H,2H2,1H3. The van der Waals surface area contributed by atoms with E-state index in [9.17, 15) is 9.59 Å². The first-order chi connectivity index (χ1) is 8.27. The molecule has 0 saturated carbocycles. The third-order valence-corrected chi connectivity index (χ3v) is 1.84. The highest BCUT2D eigenvalue weighted by Crippen LogP contribution is 1.81. The van der Waals surface area contributed by atoms with Crippen molar-refractivity contribution in [1.82, 2.24) is 0 Å². The van der Waals surface area contributed by atoms with E-state index in [0.717, 1.165) is 10.6 Å². The van der Waals surface area contributed by atoms with Crippen LogP contribution in [0.4, 0.5) is 0 Å². The van der Waals surface area contributed by atoms with E-state index in [2.05, 4.69) is 9.73 Å². The molecule has 2 rings (SSSR count). The maximum atomic E-state index is 9.82. The topological polar surface area (TPSA) is 65.0 Å². The van der Waals surface area contributed by atoms with Crippen LogP contribution in [0.3, 0.4) is 0 Å². The van der Waals surface area contributed by atoms with Gasteiger partial charge in [0.05, 0.1) is 18.2 Å². The van der Waals surface area contributed by atoms with Gasteiger partial charge in [0.2, 0.25) is 6.29 Å². The first-order valence-corrected chi connectivity index (χ1v) is 5.11. The van der Waals surface area contributed by atoms with Crippen molar-refractivity contribution in [1.29, 1.82) is 0 Å². The van der Waals surface area contributed by atoms with E-state index >= 15 is 0 Å². The van der Waals surface area contributed by atoms with Gasteiger partial charge in [-0.05, 0) is 19.1 Å². The zero-order valence-electron chi connectivity index (χ0n) is 9.46. The summed E-state index contributed by atoms with van der Waals surface area (Å²) < 4.78 is 9.19. The fourth-order valence-electron chi connectivity index (χ4n) is 1.14. The van der Waals surface area contributed by atoms with Crippen molar-refractivity contribution in [2.24, 2.45) is 4.99 Å². The van der Waals surface area contributed by atoms with Gasteiger partial charge in [0.15, 0.2) is 6.73 Å². The molecule has 0 spiro atoms. The van der Waals surface area contributed by atoms with Gasteiger partial charge in [0.1, 0.15) is 0 Å². The fraction of sp³-hybridized carbons (Fsp3) is 0.250. The number of rotatable bonds is 2. The molecule has 5 heteroatoms. The number of hydrogen-bond donors (Lipinski definition) is 0. The van der Waals surface area contributed by atoms with Gasteiger partial charge < -0.3 is 9.47 Å². The number of nitrogens with zero attached hydrogens (tertiary/aromatic N) is 1. The van der Waals surface area contributed by atoms with Crippen LogP contribution in [0.15, 0.2) is 29.3 Å². The van der Waals surface area contributed by atoms with Crippen LogP contribution in [0.2, 0.25) is 0 Å². The smallest absolute Gasteiger partial charge is 0.371 e. The van der Waals surface area contributed by atoms with Crippen molar-refractivity contribution < 1.29 is 19.1 Å². The molecule has 0 radical (unpaired) electrons. The highest BCUT2D eigenvalue weighted by Gasteiger charge is 1.92. The Bertz CT molecular complexity index is 460. The summed E-state index contributed by atoms with van der Waals surface area (Å²) in [6.07, 6.45) is 1.88. The third kappa shape index (κ3) is 4.46. The molecule has 1 aromatic carbocycles. The monoisotopic (exact) mass is 235 g/mol. The summed E-state index contributed by atoms with van der Waals surface area (Å²) in [6, 6.07) is 7.91. The lowest BCUT2D eigenvalue weighted by molar-refractivity contribution is -0.148. The molecule has 0 bridgehead atoms. The van der Waals surface area contributed by atoms with Gasteiger partial charge >= 0.3 is 5.97 Å². The lowest BCUT2D eigenvalue weighted by atomic mass is 10.3. The van der Waals surface area contributed by atoms with E-state index in [1.54, 1.807) is 13.2 Å². The second kappa shape index (κ2) is 7.16. The summed E-state index contributed by atoms with van der Waals surface area (Å²) in [5.41, 5.74) is 0. The van der Waals surface area contributed by atoms with Crippen LogP contribution in [0.1, 0.15) is 6.92 Å². The van der Waals surface area contributed by atoms with E-state index in [1.807, 2.05) is 24.3 Å². The van der Waals surface area contributed by atoms with Crippen LogP contribution >= 0.6 is 0 Å². The Labute approximate surface area is 98.4 Å². The van der Waals surface area contributed by atoms with Crippen molar-refractivity contribution in [2.45, 2.75) is 6.92 Å². The van der Waals surface area contributed by atoms with Crippen LogP contribution in [0.25, 0.3) is 6.26 Å². The Hall–Kier alpha value is -2.17. The first-order valence-electron chi connectivity index (χ1n) is 5.11. The second-order valence-electron chi connectivity index (χ2n) is 3.00. The predicted octanol–water partition coefficient (Wildman–Crippen LogP) is -0.220. The number of aldehydes is 1. The number of fused-ring (bicyclic) bond motifs is 1. The van der Waals surface area contributed by atoms with Gasteiger partial charge in [-0.15, -0.1) is 0 Å². The Balaban J connectivity index is 0.000000185.